The van der Waals surface area contributed by atoms with Crippen molar-refractivity contribution >= 4 is 15.9 Å². The van der Waals surface area contributed by atoms with Gasteiger partial charge >= 0.3 is 6.18 Å². The van der Waals surface area contributed by atoms with Gasteiger partial charge in [0.2, 0.25) is 5.82 Å². The third kappa shape index (κ3) is 6.21. The van der Waals surface area contributed by atoms with E-state index in [1.165, 1.54) is 12.1 Å². The van der Waals surface area contributed by atoms with Crippen LogP contribution in [-0.2, 0) is 19.4 Å². The van der Waals surface area contributed by atoms with E-state index in [-0.39, 0.29) is 29.0 Å². The quantitative estimate of drug-likeness (QED) is 0.440. The molecule has 3 aromatic rings. The lowest BCUT2D eigenvalue weighted by atomic mass is 10.1. The highest BCUT2D eigenvalue weighted by molar-refractivity contribution is 9.10. The van der Waals surface area contributed by atoms with Crippen molar-refractivity contribution in [1.29, 1.82) is 0 Å². The molecular weight excluding hydrogens is 467 g/mol. The Balaban J connectivity index is 0.000000253. The van der Waals surface area contributed by atoms with E-state index in [0.717, 1.165) is 24.8 Å². The SMILES string of the molecule is OCc1cc(-c2cnc(C(F)(F)F)nc2)ncc1F.OCc1cc(Br)ncc1F. The molecule has 0 bridgehead atoms. The molecule has 0 aromatic carbocycles. The molecule has 0 atom stereocenters. The van der Waals surface area contributed by atoms with Crippen molar-refractivity contribution in [1.82, 2.24) is 19.9 Å². The second kappa shape index (κ2) is 9.76. The summed E-state index contributed by atoms with van der Waals surface area (Å²) in [5, 5.41) is 17.4. The maximum absolute atomic E-state index is 13.1. The highest BCUT2D eigenvalue weighted by Gasteiger charge is 2.34. The van der Waals surface area contributed by atoms with Crippen LogP contribution in [0.4, 0.5) is 22.0 Å². The van der Waals surface area contributed by atoms with Crippen LogP contribution in [0, 0.1) is 11.6 Å². The number of hydrogen-bond donors (Lipinski definition) is 2. The van der Waals surface area contributed by atoms with Gasteiger partial charge in [0.15, 0.2) is 0 Å². The van der Waals surface area contributed by atoms with Crippen molar-refractivity contribution in [3.05, 3.63) is 70.1 Å². The van der Waals surface area contributed by atoms with Crippen LogP contribution in [0.2, 0.25) is 0 Å². The normalized spacial score (nSPS) is 11.0. The molecule has 0 aliphatic rings. The second-order valence-electron chi connectivity index (χ2n) is 5.37. The molecule has 0 unspecified atom stereocenters. The molecule has 0 amide bonds. The molecule has 0 aliphatic carbocycles. The number of aromatic nitrogens is 4. The number of alkyl halides is 3. The van der Waals surface area contributed by atoms with E-state index >= 15 is 0 Å². The standard InChI is InChI=1S/C11H7F4N3O.C6H5BrFNO/c12-8-4-16-9(1-6(8)5-19)7-2-17-10(18-3-7)11(13,14)15;7-6-1-4(3-10)5(8)2-9-6/h1-4,19H,5H2;1-2,10H,3H2. The summed E-state index contributed by atoms with van der Waals surface area (Å²) in [6.45, 7) is -0.838. The van der Waals surface area contributed by atoms with Crippen LogP contribution in [0.25, 0.3) is 11.3 Å². The fourth-order valence-electron chi connectivity index (χ4n) is 1.94. The zero-order valence-electron chi connectivity index (χ0n) is 14.3. The Morgan fingerprint density at radius 3 is 1.79 bits per heavy atom. The lowest BCUT2D eigenvalue weighted by molar-refractivity contribution is -0.144. The average Bonchev–Trinajstić information content (AvgIpc) is 2.70. The Bertz CT molecular complexity index is 971. The summed E-state index contributed by atoms with van der Waals surface area (Å²) in [5.41, 5.74) is 0.619. The molecular formula is C17H12BrF5N4O2. The number of aliphatic hydroxyl groups is 2. The molecule has 0 saturated heterocycles. The van der Waals surface area contributed by atoms with Gasteiger partial charge < -0.3 is 10.2 Å². The van der Waals surface area contributed by atoms with Crippen LogP contribution in [0.1, 0.15) is 17.0 Å². The summed E-state index contributed by atoms with van der Waals surface area (Å²) < 4.78 is 63.0. The zero-order chi connectivity index (χ0) is 21.6. The predicted molar refractivity (Wildman–Crippen MR) is 94.0 cm³/mol. The Kier molecular flexibility index (Phi) is 7.65. The first kappa shape index (κ1) is 22.7. The van der Waals surface area contributed by atoms with Crippen molar-refractivity contribution in [3.8, 4) is 11.3 Å². The number of nitrogens with zero attached hydrogens (tertiary/aromatic N) is 4. The maximum atomic E-state index is 13.1. The van der Waals surface area contributed by atoms with E-state index in [0.29, 0.717) is 4.60 Å². The Labute approximate surface area is 169 Å². The van der Waals surface area contributed by atoms with Crippen molar-refractivity contribution in [2.24, 2.45) is 0 Å². The van der Waals surface area contributed by atoms with Gasteiger partial charge in [0.1, 0.15) is 16.2 Å². The minimum atomic E-state index is -4.62. The van der Waals surface area contributed by atoms with Crippen molar-refractivity contribution in [3.63, 3.8) is 0 Å². The molecule has 154 valence electrons. The molecule has 3 aromatic heterocycles. The minimum Gasteiger partial charge on any atom is -0.392 e. The number of rotatable bonds is 3. The van der Waals surface area contributed by atoms with Gasteiger partial charge in [-0.25, -0.2) is 23.7 Å². The summed E-state index contributed by atoms with van der Waals surface area (Å²) in [7, 11) is 0. The summed E-state index contributed by atoms with van der Waals surface area (Å²) in [6.07, 6.45) is -0.798. The van der Waals surface area contributed by atoms with Crippen molar-refractivity contribution in [2.75, 3.05) is 0 Å². The molecule has 3 heterocycles. The van der Waals surface area contributed by atoms with Gasteiger partial charge in [-0.2, -0.15) is 13.2 Å². The van der Waals surface area contributed by atoms with E-state index in [1.54, 1.807) is 0 Å². The number of hydrogen-bond acceptors (Lipinski definition) is 6. The first-order valence-corrected chi connectivity index (χ1v) is 8.50. The largest absolute Gasteiger partial charge is 0.451 e. The van der Waals surface area contributed by atoms with Gasteiger partial charge in [0, 0.05) is 29.1 Å². The van der Waals surface area contributed by atoms with Crippen LogP contribution in [0.15, 0.2) is 41.5 Å². The smallest absolute Gasteiger partial charge is 0.392 e. The Morgan fingerprint density at radius 1 is 0.793 bits per heavy atom. The molecule has 12 heteroatoms. The second-order valence-corrected chi connectivity index (χ2v) is 6.18. The number of aliphatic hydroxyl groups excluding tert-OH is 2. The third-order valence-corrected chi connectivity index (χ3v) is 3.81. The maximum Gasteiger partial charge on any atom is 0.451 e. The zero-order valence-corrected chi connectivity index (χ0v) is 15.9. The first-order valence-electron chi connectivity index (χ1n) is 7.71. The van der Waals surface area contributed by atoms with Crippen LogP contribution in [0.3, 0.4) is 0 Å². The monoisotopic (exact) mass is 478 g/mol. The number of halogens is 6. The Morgan fingerprint density at radius 2 is 1.31 bits per heavy atom. The summed E-state index contributed by atoms with van der Waals surface area (Å²) in [6, 6.07) is 2.66. The molecule has 2 N–H and O–H groups in total. The van der Waals surface area contributed by atoms with E-state index in [1.807, 2.05) is 0 Å². The van der Waals surface area contributed by atoms with Crippen LogP contribution in [0.5, 0.6) is 0 Å². The summed E-state index contributed by atoms with van der Waals surface area (Å²) >= 11 is 3.05. The summed E-state index contributed by atoms with van der Waals surface area (Å²) in [5.74, 6) is -2.44. The van der Waals surface area contributed by atoms with E-state index in [9.17, 15) is 22.0 Å². The van der Waals surface area contributed by atoms with Gasteiger partial charge in [-0.05, 0) is 28.1 Å². The highest BCUT2D eigenvalue weighted by Crippen LogP contribution is 2.26. The fourth-order valence-corrected chi connectivity index (χ4v) is 2.32. The molecule has 3 rings (SSSR count). The molecule has 29 heavy (non-hydrogen) atoms. The topological polar surface area (TPSA) is 92.0 Å². The fraction of sp³-hybridized carbons (Fsp3) is 0.176. The lowest BCUT2D eigenvalue weighted by Gasteiger charge is -2.06. The van der Waals surface area contributed by atoms with Gasteiger partial charge in [-0.1, -0.05) is 0 Å². The van der Waals surface area contributed by atoms with Gasteiger partial charge in [0.05, 0.1) is 31.3 Å². The van der Waals surface area contributed by atoms with E-state index < -0.39 is 30.2 Å². The molecule has 0 spiro atoms. The predicted octanol–water partition coefficient (Wildman–Crippen LogP) is 3.66. The van der Waals surface area contributed by atoms with Crippen LogP contribution >= 0.6 is 15.9 Å². The minimum absolute atomic E-state index is 0.00935. The van der Waals surface area contributed by atoms with Gasteiger partial charge in [-0.15, -0.1) is 0 Å². The van der Waals surface area contributed by atoms with Crippen LogP contribution in [-0.4, -0.2) is 30.1 Å². The molecule has 0 saturated carbocycles. The third-order valence-electron chi connectivity index (χ3n) is 3.38. The van der Waals surface area contributed by atoms with Crippen molar-refractivity contribution < 1.29 is 32.2 Å². The summed E-state index contributed by atoms with van der Waals surface area (Å²) in [4.78, 5) is 13.7. The molecule has 0 radical (unpaired) electrons. The van der Waals surface area contributed by atoms with E-state index in [4.69, 9.17) is 10.2 Å². The van der Waals surface area contributed by atoms with Crippen molar-refractivity contribution in [2.45, 2.75) is 19.4 Å². The Hall–Kier alpha value is -2.57. The van der Waals surface area contributed by atoms with E-state index in [2.05, 4.69) is 35.9 Å². The average molecular weight is 479 g/mol. The molecule has 6 nitrogen and oxygen atoms in total. The molecule has 0 aliphatic heterocycles. The van der Waals surface area contributed by atoms with Crippen LogP contribution < -0.4 is 0 Å². The van der Waals surface area contributed by atoms with Gasteiger partial charge in [0.25, 0.3) is 0 Å². The molecule has 0 fully saturated rings. The number of pyridine rings is 2. The highest BCUT2D eigenvalue weighted by atomic mass is 79.9. The van der Waals surface area contributed by atoms with Gasteiger partial charge in [-0.3, -0.25) is 4.98 Å². The lowest BCUT2D eigenvalue weighted by Crippen LogP contribution is -2.10. The first-order chi connectivity index (χ1) is 13.7.